The quantitative estimate of drug-likeness (QED) is 0.572. The number of quaternary nitrogens is 1. The van der Waals surface area contributed by atoms with Crippen molar-refractivity contribution in [3.63, 3.8) is 0 Å². The number of ether oxygens (including phenoxy) is 1. The van der Waals surface area contributed by atoms with Crippen LogP contribution in [0.4, 0.5) is 5.69 Å². The lowest BCUT2D eigenvalue weighted by Gasteiger charge is -2.27. The van der Waals surface area contributed by atoms with Crippen molar-refractivity contribution in [2.24, 2.45) is 5.92 Å². The van der Waals surface area contributed by atoms with Crippen LogP contribution in [0.25, 0.3) is 0 Å². The number of hydrogen-bond donors (Lipinski definition) is 3. The number of carbonyl (C=O) groups is 3. The highest BCUT2D eigenvalue weighted by Crippen LogP contribution is 2.20. The molecule has 0 spiro atoms. The van der Waals surface area contributed by atoms with E-state index in [0.717, 1.165) is 35.3 Å². The van der Waals surface area contributed by atoms with Gasteiger partial charge in [0.15, 0.2) is 6.54 Å². The monoisotopic (exact) mass is 412 g/mol. The number of methoxy groups -OCH3 is 1. The van der Waals surface area contributed by atoms with Gasteiger partial charge in [-0.25, -0.2) is 0 Å². The average Bonchev–Trinajstić information content (AvgIpc) is 2.62. The van der Waals surface area contributed by atoms with E-state index < -0.39 is 0 Å². The molecule has 7 nitrogen and oxygen atoms in total. The molecule has 1 fully saturated rings. The largest absolute Gasteiger partial charge is 0.469 e. The van der Waals surface area contributed by atoms with Crippen LogP contribution >= 0.6 is 15.9 Å². The summed E-state index contributed by atoms with van der Waals surface area (Å²) in [5.74, 6) is -0.687. The fourth-order valence-corrected chi connectivity index (χ4v) is 3.21. The number of likely N-dealkylation sites (tertiary alicyclic amines) is 1. The molecule has 0 aromatic heterocycles. The van der Waals surface area contributed by atoms with Gasteiger partial charge in [-0.3, -0.25) is 14.4 Å². The molecule has 1 aliphatic heterocycles. The number of halogens is 1. The van der Waals surface area contributed by atoms with E-state index in [1.807, 2.05) is 18.2 Å². The van der Waals surface area contributed by atoms with Crippen LogP contribution in [0.2, 0.25) is 0 Å². The fraction of sp³-hybridized carbons (Fsp3) is 0.471. The fourth-order valence-electron chi connectivity index (χ4n) is 2.83. The number of amides is 2. The second kappa shape index (κ2) is 9.53. The molecule has 0 aliphatic carbocycles. The second-order valence-corrected chi connectivity index (χ2v) is 6.88. The van der Waals surface area contributed by atoms with Crippen LogP contribution in [0.5, 0.6) is 0 Å². The number of benzene rings is 1. The molecule has 0 saturated carbocycles. The average molecular weight is 413 g/mol. The van der Waals surface area contributed by atoms with Gasteiger partial charge in [-0.1, -0.05) is 12.1 Å². The first-order chi connectivity index (χ1) is 12.0. The van der Waals surface area contributed by atoms with E-state index in [1.165, 1.54) is 7.11 Å². The highest BCUT2D eigenvalue weighted by molar-refractivity contribution is 9.10. The van der Waals surface area contributed by atoms with Gasteiger partial charge in [0, 0.05) is 17.3 Å². The first-order valence-corrected chi connectivity index (χ1v) is 9.01. The van der Waals surface area contributed by atoms with E-state index in [2.05, 4.69) is 26.6 Å². The number of rotatable bonds is 6. The Balaban J connectivity index is 1.68. The third-order valence-electron chi connectivity index (χ3n) is 4.23. The summed E-state index contributed by atoms with van der Waals surface area (Å²) in [6.45, 7) is 1.72. The number of hydrogen-bond acceptors (Lipinski definition) is 4. The number of nitrogens with one attached hydrogen (secondary N) is 3. The standard InChI is InChI=1S/C17H22BrN3O4/c1-25-17(24)12-6-8-21(9-7-12)11-16(23)19-10-15(22)20-14-5-3-2-4-13(14)18/h2-5,12H,6-11H2,1H3,(H,19,23)(H,20,22)/p+1. The summed E-state index contributed by atoms with van der Waals surface area (Å²) in [6.07, 6.45) is 1.44. The van der Waals surface area contributed by atoms with E-state index in [4.69, 9.17) is 4.74 Å². The maximum atomic E-state index is 12.0. The highest BCUT2D eigenvalue weighted by atomic mass is 79.9. The van der Waals surface area contributed by atoms with Gasteiger partial charge < -0.3 is 20.3 Å². The molecule has 2 rings (SSSR count). The zero-order valence-electron chi connectivity index (χ0n) is 14.1. The Morgan fingerprint density at radius 1 is 1.20 bits per heavy atom. The Labute approximate surface area is 155 Å². The normalized spacial score (nSPS) is 19.8. The van der Waals surface area contributed by atoms with E-state index in [9.17, 15) is 14.4 Å². The highest BCUT2D eigenvalue weighted by Gasteiger charge is 2.29. The number of anilines is 1. The Bertz CT molecular complexity index is 630. The van der Waals surface area contributed by atoms with Gasteiger partial charge in [0.1, 0.15) is 0 Å². The van der Waals surface area contributed by atoms with Crippen LogP contribution in [0.15, 0.2) is 28.7 Å². The van der Waals surface area contributed by atoms with Gasteiger partial charge in [0.2, 0.25) is 5.91 Å². The number of esters is 1. The summed E-state index contributed by atoms with van der Waals surface area (Å²) in [4.78, 5) is 36.5. The summed E-state index contributed by atoms with van der Waals surface area (Å²) in [5.41, 5.74) is 0.664. The van der Waals surface area contributed by atoms with Crippen molar-refractivity contribution in [2.75, 3.05) is 38.6 Å². The van der Waals surface area contributed by atoms with Crippen molar-refractivity contribution in [3.8, 4) is 0 Å². The number of para-hydroxylation sites is 1. The molecule has 0 unspecified atom stereocenters. The third-order valence-corrected chi connectivity index (χ3v) is 4.92. The lowest BCUT2D eigenvalue weighted by molar-refractivity contribution is -0.897. The Morgan fingerprint density at radius 2 is 1.88 bits per heavy atom. The van der Waals surface area contributed by atoms with Crippen LogP contribution in [-0.4, -0.2) is 51.1 Å². The number of carbonyl (C=O) groups excluding carboxylic acids is 3. The maximum absolute atomic E-state index is 12.0. The topological polar surface area (TPSA) is 88.9 Å². The molecule has 1 aromatic carbocycles. The predicted molar refractivity (Wildman–Crippen MR) is 96.1 cm³/mol. The van der Waals surface area contributed by atoms with Gasteiger partial charge >= 0.3 is 5.97 Å². The maximum Gasteiger partial charge on any atom is 0.309 e. The van der Waals surface area contributed by atoms with Gasteiger partial charge in [-0.15, -0.1) is 0 Å². The van der Waals surface area contributed by atoms with Gasteiger partial charge in [0.05, 0.1) is 38.3 Å². The van der Waals surface area contributed by atoms with Crippen molar-refractivity contribution in [3.05, 3.63) is 28.7 Å². The second-order valence-electron chi connectivity index (χ2n) is 6.03. The molecular weight excluding hydrogens is 390 g/mol. The van der Waals surface area contributed by atoms with E-state index >= 15 is 0 Å². The zero-order valence-corrected chi connectivity index (χ0v) is 15.7. The molecular formula is C17H23BrN3O4+. The van der Waals surface area contributed by atoms with Crippen molar-refractivity contribution >= 4 is 39.4 Å². The van der Waals surface area contributed by atoms with Crippen molar-refractivity contribution in [1.82, 2.24) is 5.32 Å². The summed E-state index contributed by atoms with van der Waals surface area (Å²) in [7, 11) is 1.40. The van der Waals surface area contributed by atoms with Crippen molar-refractivity contribution in [1.29, 1.82) is 0 Å². The van der Waals surface area contributed by atoms with E-state index in [1.54, 1.807) is 6.07 Å². The minimum atomic E-state index is -0.278. The lowest BCUT2D eigenvalue weighted by atomic mass is 9.97. The first-order valence-electron chi connectivity index (χ1n) is 8.22. The molecule has 3 N–H and O–H groups in total. The molecule has 1 saturated heterocycles. The van der Waals surface area contributed by atoms with Gasteiger partial charge in [-0.05, 0) is 28.1 Å². The Hall–Kier alpha value is -1.93. The van der Waals surface area contributed by atoms with Crippen LogP contribution < -0.4 is 15.5 Å². The SMILES string of the molecule is COC(=O)C1CC[NH+](CC(=O)NCC(=O)Nc2ccccc2Br)CC1. The van der Waals surface area contributed by atoms with Crippen molar-refractivity contribution in [2.45, 2.75) is 12.8 Å². The van der Waals surface area contributed by atoms with Gasteiger partial charge in [0.25, 0.3) is 5.91 Å². The molecule has 0 radical (unpaired) electrons. The van der Waals surface area contributed by atoms with Crippen LogP contribution in [0.3, 0.4) is 0 Å². The Kier molecular flexibility index (Phi) is 7.39. The summed E-state index contributed by atoms with van der Waals surface area (Å²) < 4.78 is 5.54. The molecule has 8 heteroatoms. The molecule has 1 heterocycles. The summed E-state index contributed by atoms with van der Waals surface area (Å²) >= 11 is 3.35. The molecule has 0 bridgehead atoms. The predicted octanol–water partition coefficient (Wildman–Crippen LogP) is -0.0283. The van der Waals surface area contributed by atoms with Gasteiger partial charge in [-0.2, -0.15) is 0 Å². The summed E-state index contributed by atoms with van der Waals surface area (Å²) in [5, 5.41) is 5.37. The third kappa shape index (κ3) is 6.13. The zero-order chi connectivity index (χ0) is 18.2. The molecule has 25 heavy (non-hydrogen) atoms. The summed E-state index contributed by atoms with van der Waals surface area (Å²) in [6, 6.07) is 7.28. The Morgan fingerprint density at radius 3 is 2.52 bits per heavy atom. The molecule has 1 aromatic rings. The van der Waals surface area contributed by atoms with Crippen molar-refractivity contribution < 1.29 is 24.0 Å². The smallest absolute Gasteiger partial charge is 0.309 e. The van der Waals surface area contributed by atoms with E-state index in [0.29, 0.717) is 12.2 Å². The first kappa shape index (κ1) is 19.4. The van der Waals surface area contributed by atoms with Crippen LogP contribution in [0.1, 0.15) is 12.8 Å². The molecule has 1 aliphatic rings. The molecule has 2 amide bonds. The van der Waals surface area contributed by atoms with Crippen LogP contribution in [-0.2, 0) is 19.1 Å². The number of piperidine rings is 1. The minimum Gasteiger partial charge on any atom is -0.469 e. The molecule has 136 valence electrons. The molecule has 0 atom stereocenters. The van der Waals surface area contributed by atoms with E-state index in [-0.39, 0.29) is 30.2 Å². The van der Waals surface area contributed by atoms with Crippen LogP contribution in [0, 0.1) is 5.92 Å². The lowest BCUT2D eigenvalue weighted by Crippen LogP contribution is -3.14. The minimum absolute atomic E-state index is 0.0630.